The molecule has 1 N–H and O–H groups in total. The molecule has 0 radical (unpaired) electrons. The van der Waals surface area contributed by atoms with Crippen molar-refractivity contribution in [1.82, 2.24) is 14.9 Å². The topological polar surface area (TPSA) is 51.0 Å². The Labute approximate surface area is 126 Å². The van der Waals surface area contributed by atoms with Crippen LogP contribution < -0.4 is 5.32 Å². The van der Waals surface area contributed by atoms with E-state index in [1.54, 1.807) is 6.07 Å². The summed E-state index contributed by atoms with van der Waals surface area (Å²) in [5, 5.41) is 8.28. The predicted octanol–water partition coefficient (Wildman–Crippen LogP) is 3.82. The van der Waals surface area contributed by atoms with E-state index in [0.29, 0.717) is 5.58 Å². The van der Waals surface area contributed by atoms with Gasteiger partial charge in [-0.1, -0.05) is 11.4 Å². The lowest BCUT2D eigenvalue weighted by atomic mass is 10.1. The summed E-state index contributed by atoms with van der Waals surface area (Å²) in [6, 6.07) is 6.33. The molecule has 1 atom stereocenters. The maximum Gasteiger partial charge on any atom is 0.134 e. The van der Waals surface area contributed by atoms with Gasteiger partial charge in [-0.15, -0.1) is 5.10 Å². The fourth-order valence-electron chi connectivity index (χ4n) is 2.29. The van der Waals surface area contributed by atoms with Crippen LogP contribution in [0.5, 0.6) is 0 Å². The number of aryl methyl sites for hydroxylation is 1. The van der Waals surface area contributed by atoms with Gasteiger partial charge in [0.05, 0.1) is 10.6 Å². The monoisotopic (exact) mass is 305 g/mol. The van der Waals surface area contributed by atoms with Crippen LogP contribution in [0.3, 0.4) is 0 Å². The summed E-state index contributed by atoms with van der Waals surface area (Å²) in [7, 11) is 0. The van der Waals surface area contributed by atoms with Crippen LogP contribution in [0.2, 0.25) is 0 Å². The van der Waals surface area contributed by atoms with Gasteiger partial charge in [-0.2, -0.15) is 0 Å². The third kappa shape index (κ3) is 2.82. The zero-order chi connectivity index (χ0) is 14.8. The Kier molecular flexibility index (Phi) is 3.98. The number of halogens is 1. The summed E-state index contributed by atoms with van der Waals surface area (Å²) in [5.74, 6) is 0.502. The number of furan rings is 1. The molecule has 0 spiro atoms. The van der Waals surface area contributed by atoms with Gasteiger partial charge in [-0.25, -0.2) is 4.39 Å². The number of hydrogen-bond donors (Lipinski definition) is 1. The van der Waals surface area contributed by atoms with Crippen molar-refractivity contribution in [3.05, 3.63) is 46.4 Å². The molecule has 0 aliphatic heterocycles. The molecule has 2 heterocycles. The van der Waals surface area contributed by atoms with Crippen LogP contribution >= 0.6 is 11.5 Å². The minimum absolute atomic E-state index is 0.0968. The molecule has 0 aliphatic carbocycles. The standard InChI is InChI=1S/C15H16FN3OS/c1-3-6-17-14(15-9(2)18-19-21-15)13-8-10-7-11(16)4-5-12(10)20-13/h4-5,7-8,14,17H,3,6H2,1-2H3. The van der Waals surface area contributed by atoms with E-state index >= 15 is 0 Å². The van der Waals surface area contributed by atoms with Crippen molar-refractivity contribution < 1.29 is 8.81 Å². The lowest BCUT2D eigenvalue weighted by Crippen LogP contribution is -2.22. The average Bonchev–Trinajstić information content (AvgIpc) is 3.06. The highest BCUT2D eigenvalue weighted by Gasteiger charge is 2.22. The van der Waals surface area contributed by atoms with Crippen molar-refractivity contribution in [2.45, 2.75) is 26.3 Å². The van der Waals surface area contributed by atoms with E-state index in [2.05, 4.69) is 21.8 Å². The zero-order valence-electron chi connectivity index (χ0n) is 11.9. The van der Waals surface area contributed by atoms with Crippen molar-refractivity contribution >= 4 is 22.5 Å². The Balaban J connectivity index is 2.03. The quantitative estimate of drug-likeness (QED) is 0.778. The summed E-state index contributed by atoms with van der Waals surface area (Å²) in [6.07, 6.45) is 1.01. The normalized spacial score (nSPS) is 12.9. The van der Waals surface area contributed by atoms with Crippen LogP contribution in [0.25, 0.3) is 11.0 Å². The molecule has 21 heavy (non-hydrogen) atoms. The van der Waals surface area contributed by atoms with Crippen LogP contribution in [-0.4, -0.2) is 16.1 Å². The molecule has 1 unspecified atom stereocenters. The Bertz CT molecular complexity index is 752. The molecule has 3 rings (SSSR count). The smallest absolute Gasteiger partial charge is 0.134 e. The third-order valence-corrected chi connectivity index (χ3v) is 4.22. The lowest BCUT2D eigenvalue weighted by molar-refractivity contribution is 0.472. The van der Waals surface area contributed by atoms with E-state index in [4.69, 9.17) is 4.42 Å². The highest BCUT2D eigenvalue weighted by Crippen LogP contribution is 2.31. The Morgan fingerprint density at radius 1 is 1.38 bits per heavy atom. The second-order valence-corrected chi connectivity index (χ2v) is 5.73. The van der Waals surface area contributed by atoms with Crippen LogP contribution in [0, 0.1) is 12.7 Å². The minimum Gasteiger partial charge on any atom is -0.459 e. The van der Waals surface area contributed by atoms with Gasteiger partial charge >= 0.3 is 0 Å². The molecular weight excluding hydrogens is 289 g/mol. The average molecular weight is 305 g/mol. The minimum atomic E-state index is -0.261. The largest absolute Gasteiger partial charge is 0.459 e. The maximum absolute atomic E-state index is 13.3. The van der Waals surface area contributed by atoms with Crippen molar-refractivity contribution in [3.8, 4) is 0 Å². The Hall–Kier alpha value is -1.79. The number of nitrogens with one attached hydrogen (secondary N) is 1. The maximum atomic E-state index is 13.3. The third-order valence-electron chi connectivity index (χ3n) is 3.33. The van der Waals surface area contributed by atoms with Gasteiger partial charge in [0.25, 0.3) is 0 Å². The summed E-state index contributed by atoms with van der Waals surface area (Å²) in [6.45, 7) is 4.89. The van der Waals surface area contributed by atoms with Crippen molar-refractivity contribution in [3.63, 3.8) is 0 Å². The molecule has 4 nitrogen and oxygen atoms in total. The molecule has 6 heteroatoms. The molecule has 0 aliphatic rings. The molecule has 1 aromatic carbocycles. The van der Waals surface area contributed by atoms with E-state index in [9.17, 15) is 4.39 Å². The molecule has 0 saturated carbocycles. The van der Waals surface area contributed by atoms with Crippen molar-refractivity contribution in [2.24, 2.45) is 0 Å². The molecule has 0 bridgehead atoms. The van der Waals surface area contributed by atoms with Crippen LogP contribution in [0.4, 0.5) is 4.39 Å². The van der Waals surface area contributed by atoms with Gasteiger partial charge in [-0.05, 0) is 55.7 Å². The number of hydrogen-bond acceptors (Lipinski definition) is 5. The predicted molar refractivity (Wildman–Crippen MR) is 81.0 cm³/mol. The summed E-state index contributed by atoms with van der Waals surface area (Å²) < 4.78 is 23.2. The second kappa shape index (κ2) is 5.91. The fraction of sp³-hybridized carbons (Fsp3) is 0.333. The number of benzene rings is 1. The van der Waals surface area contributed by atoms with Crippen LogP contribution in [0.1, 0.15) is 35.7 Å². The van der Waals surface area contributed by atoms with Gasteiger partial charge in [0, 0.05) is 5.39 Å². The zero-order valence-corrected chi connectivity index (χ0v) is 12.7. The van der Waals surface area contributed by atoms with E-state index < -0.39 is 0 Å². The van der Waals surface area contributed by atoms with E-state index in [-0.39, 0.29) is 11.9 Å². The first-order chi connectivity index (χ1) is 10.2. The van der Waals surface area contributed by atoms with Crippen LogP contribution in [0.15, 0.2) is 28.7 Å². The fourth-order valence-corrected chi connectivity index (χ4v) is 3.02. The molecule has 110 valence electrons. The van der Waals surface area contributed by atoms with Gasteiger partial charge in [0.15, 0.2) is 0 Å². The first-order valence-corrected chi connectivity index (χ1v) is 7.67. The molecule has 3 aromatic rings. The van der Waals surface area contributed by atoms with Crippen molar-refractivity contribution in [1.29, 1.82) is 0 Å². The van der Waals surface area contributed by atoms with E-state index in [0.717, 1.165) is 34.7 Å². The van der Waals surface area contributed by atoms with E-state index in [1.165, 1.54) is 23.7 Å². The van der Waals surface area contributed by atoms with Crippen molar-refractivity contribution in [2.75, 3.05) is 6.54 Å². The van der Waals surface area contributed by atoms with Gasteiger partial charge in [0.1, 0.15) is 23.2 Å². The molecule has 2 aromatic heterocycles. The highest BCUT2D eigenvalue weighted by molar-refractivity contribution is 7.05. The van der Waals surface area contributed by atoms with Crippen LogP contribution in [-0.2, 0) is 0 Å². The first kappa shape index (κ1) is 14.2. The lowest BCUT2D eigenvalue weighted by Gasteiger charge is -2.14. The molecule has 0 amide bonds. The number of fused-ring (bicyclic) bond motifs is 1. The summed E-state index contributed by atoms with van der Waals surface area (Å²) >= 11 is 1.36. The molecular formula is C15H16FN3OS. The highest BCUT2D eigenvalue weighted by atomic mass is 32.1. The second-order valence-electron chi connectivity index (χ2n) is 4.94. The Morgan fingerprint density at radius 2 is 2.24 bits per heavy atom. The Morgan fingerprint density at radius 3 is 2.95 bits per heavy atom. The summed E-state index contributed by atoms with van der Waals surface area (Å²) in [5.41, 5.74) is 1.57. The van der Waals surface area contributed by atoms with E-state index in [1.807, 2.05) is 13.0 Å². The molecule has 0 fully saturated rings. The molecule has 0 saturated heterocycles. The SMILES string of the molecule is CCCNC(c1cc2cc(F)ccc2o1)c1snnc1C. The first-order valence-electron chi connectivity index (χ1n) is 6.90. The van der Waals surface area contributed by atoms with Gasteiger partial charge in [-0.3, -0.25) is 0 Å². The number of rotatable bonds is 5. The summed E-state index contributed by atoms with van der Waals surface area (Å²) in [4.78, 5) is 1.03. The number of aromatic nitrogens is 2. The number of nitrogens with zero attached hydrogens (tertiary/aromatic N) is 2. The van der Waals surface area contributed by atoms with Gasteiger partial charge < -0.3 is 9.73 Å². The van der Waals surface area contributed by atoms with Gasteiger partial charge in [0.2, 0.25) is 0 Å².